The Kier molecular flexibility index (Phi) is 7.45. The lowest BCUT2D eigenvalue weighted by molar-refractivity contribution is 0.167. The van der Waals surface area contributed by atoms with Gasteiger partial charge in [0, 0.05) is 26.0 Å². The van der Waals surface area contributed by atoms with E-state index < -0.39 is 12.1 Å². The van der Waals surface area contributed by atoms with Crippen molar-refractivity contribution in [3.8, 4) is 28.5 Å². The molecule has 0 radical (unpaired) electrons. The molecule has 36 heavy (non-hydrogen) atoms. The Morgan fingerprint density at radius 2 is 1.83 bits per heavy atom. The number of nitrogens with one attached hydrogen (secondary N) is 1. The van der Waals surface area contributed by atoms with Crippen LogP contribution >= 0.6 is 39.1 Å². The predicted molar refractivity (Wildman–Crippen MR) is 143 cm³/mol. The van der Waals surface area contributed by atoms with Gasteiger partial charge in [0.05, 0.1) is 29.6 Å². The van der Waals surface area contributed by atoms with E-state index in [9.17, 15) is 4.79 Å². The third kappa shape index (κ3) is 5.28. The van der Waals surface area contributed by atoms with Crippen LogP contribution in [0.5, 0.6) is 0 Å². The third-order valence-corrected chi connectivity index (χ3v) is 6.47. The number of aromatic nitrogens is 4. The van der Waals surface area contributed by atoms with Gasteiger partial charge >= 0.3 is 6.09 Å². The van der Waals surface area contributed by atoms with E-state index in [4.69, 9.17) is 37.5 Å². The second kappa shape index (κ2) is 10.2. The number of benzene rings is 2. The zero-order valence-electron chi connectivity index (χ0n) is 20.3. The molecule has 2 heterocycles. The van der Waals surface area contributed by atoms with Crippen molar-refractivity contribution in [1.29, 1.82) is 0 Å². The first-order valence-electron chi connectivity index (χ1n) is 11.0. The highest BCUT2D eigenvalue weighted by Crippen LogP contribution is 2.40. The molecule has 0 aliphatic heterocycles. The topological polar surface area (TPSA) is 95.1 Å². The molecule has 2 aromatic carbocycles. The van der Waals surface area contributed by atoms with E-state index in [0.29, 0.717) is 38.6 Å². The van der Waals surface area contributed by atoms with Gasteiger partial charge in [0.2, 0.25) is 5.89 Å². The number of alkyl carbamates (subject to hydrolysis) is 1. The molecule has 0 aliphatic carbocycles. The molecule has 0 saturated carbocycles. The van der Waals surface area contributed by atoms with Crippen molar-refractivity contribution in [3.63, 3.8) is 0 Å². The van der Waals surface area contributed by atoms with Crippen molar-refractivity contribution in [1.82, 2.24) is 25.3 Å². The SMILES string of the molecule is COC(=O)NC(C)c1c(-c2nnc(C(C)(C)C)o2)nn(-c2ccc(Cl)cc2Cl)c1-c1ccc(Br)cc1. The second-order valence-corrected chi connectivity index (χ2v) is 10.9. The van der Waals surface area contributed by atoms with Gasteiger partial charge in [0.15, 0.2) is 5.69 Å². The van der Waals surface area contributed by atoms with Crippen molar-refractivity contribution in [2.75, 3.05) is 7.11 Å². The van der Waals surface area contributed by atoms with Crippen molar-refractivity contribution in [2.45, 2.75) is 39.2 Å². The number of carbonyl (C=O) groups is 1. The summed E-state index contributed by atoms with van der Waals surface area (Å²) >= 11 is 16.3. The monoisotopic (exact) mass is 591 g/mol. The summed E-state index contributed by atoms with van der Waals surface area (Å²) in [5.74, 6) is 0.678. The number of hydrogen-bond acceptors (Lipinski definition) is 6. The van der Waals surface area contributed by atoms with Crippen LogP contribution in [-0.4, -0.2) is 33.2 Å². The lowest BCUT2D eigenvalue weighted by atomic mass is 9.97. The van der Waals surface area contributed by atoms with Crippen LogP contribution in [0.4, 0.5) is 4.79 Å². The minimum absolute atomic E-state index is 0.218. The summed E-state index contributed by atoms with van der Waals surface area (Å²) < 4.78 is 13.5. The summed E-state index contributed by atoms with van der Waals surface area (Å²) in [7, 11) is 1.31. The predicted octanol–water partition coefficient (Wildman–Crippen LogP) is 7.37. The van der Waals surface area contributed by atoms with Gasteiger partial charge in [0.25, 0.3) is 5.89 Å². The molecule has 4 aromatic rings. The number of methoxy groups -OCH3 is 1. The van der Waals surface area contributed by atoms with Crippen molar-refractivity contribution >= 4 is 45.2 Å². The van der Waals surface area contributed by atoms with Crippen LogP contribution in [0.15, 0.2) is 51.4 Å². The number of rotatable bonds is 5. The lowest BCUT2D eigenvalue weighted by Gasteiger charge is -2.17. The summed E-state index contributed by atoms with van der Waals surface area (Å²) in [5, 5.41) is 17.1. The molecular weight excluding hydrogens is 569 g/mol. The number of ether oxygens (including phenoxy) is 1. The summed E-state index contributed by atoms with van der Waals surface area (Å²) in [6.45, 7) is 7.76. The van der Waals surface area contributed by atoms with Crippen LogP contribution < -0.4 is 5.32 Å². The molecule has 2 aromatic heterocycles. The van der Waals surface area contributed by atoms with E-state index in [1.54, 1.807) is 22.9 Å². The van der Waals surface area contributed by atoms with Crippen LogP contribution in [0.1, 0.15) is 45.2 Å². The minimum atomic E-state index is -0.589. The Labute approximate surface area is 227 Å². The zero-order chi connectivity index (χ0) is 26.2. The van der Waals surface area contributed by atoms with Crippen LogP contribution in [0.25, 0.3) is 28.5 Å². The highest BCUT2D eigenvalue weighted by molar-refractivity contribution is 9.10. The molecule has 8 nitrogen and oxygen atoms in total. The number of nitrogens with zero attached hydrogens (tertiary/aromatic N) is 4. The van der Waals surface area contributed by atoms with E-state index in [2.05, 4.69) is 31.4 Å². The Morgan fingerprint density at radius 1 is 1.14 bits per heavy atom. The zero-order valence-corrected chi connectivity index (χ0v) is 23.4. The number of halogens is 3. The number of carbonyl (C=O) groups excluding carboxylic acids is 1. The first-order valence-corrected chi connectivity index (χ1v) is 12.6. The van der Waals surface area contributed by atoms with E-state index in [1.165, 1.54) is 7.11 Å². The Morgan fingerprint density at radius 3 is 2.42 bits per heavy atom. The fraction of sp³-hybridized carbons (Fsp3) is 0.280. The second-order valence-electron chi connectivity index (χ2n) is 9.15. The van der Waals surface area contributed by atoms with Crippen molar-refractivity contribution in [2.24, 2.45) is 0 Å². The van der Waals surface area contributed by atoms with Gasteiger partial charge in [-0.25, -0.2) is 9.48 Å². The average Bonchev–Trinajstić information content (AvgIpc) is 3.45. The molecule has 0 aliphatic rings. The Bertz CT molecular complexity index is 1410. The summed E-state index contributed by atoms with van der Waals surface area (Å²) in [6.07, 6.45) is -0.589. The van der Waals surface area contributed by atoms with Crippen molar-refractivity contribution in [3.05, 3.63) is 68.4 Å². The number of amides is 1. The van der Waals surface area contributed by atoms with Crippen LogP contribution in [0, 0.1) is 0 Å². The maximum Gasteiger partial charge on any atom is 0.407 e. The maximum atomic E-state index is 12.2. The standard InChI is InChI=1S/C25H24BrCl2N5O3/c1-13(29-24(34)35-5)19-20(22-30-31-23(36-22)25(2,3)4)32-33(18-11-10-16(27)12-17(18)28)21(19)14-6-8-15(26)9-7-14/h6-13H,1-5H3,(H,29,34). The van der Waals surface area contributed by atoms with E-state index in [0.717, 1.165) is 10.0 Å². The van der Waals surface area contributed by atoms with E-state index in [-0.39, 0.29) is 11.3 Å². The fourth-order valence-electron chi connectivity index (χ4n) is 3.64. The molecular formula is C25H24BrCl2N5O3. The Hall–Kier alpha value is -2.88. The molecule has 1 amide bonds. The lowest BCUT2D eigenvalue weighted by Crippen LogP contribution is -2.26. The molecule has 0 spiro atoms. The van der Waals surface area contributed by atoms with Crippen molar-refractivity contribution < 1.29 is 13.9 Å². The van der Waals surface area contributed by atoms with Gasteiger partial charge in [0.1, 0.15) is 0 Å². The number of hydrogen-bond donors (Lipinski definition) is 1. The van der Waals surface area contributed by atoms with Gasteiger partial charge in [-0.15, -0.1) is 10.2 Å². The van der Waals surface area contributed by atoms with Gasteiger partial charge in [-0.2, -0.15) is 5.10 Å². The molecule has 0 bridgehead atoms. The quantitative estimate of drug-likeness (QED) is 0.260. The van der Waals surface area contributed by atoms with Crippen LogP contribution in [0.2, 0.25) is 10.0 Å². The van der Waals surface area contributed by atoms with Gasteiger partial charge < -0.3 is 14.5 Å². The summed E-state index contributed by atoms with van der Waals surface area (Å²) in [5.41, 5.74) is 2.79. The Balaban J connectivity index is 2.05. The molecule has 1 unspecified atom stereocenters. The van der Waals surface area contributed by atoms with Crippen LogP contribution in [-0.2, 0) is 10.2 Å². The van der Waals surface area contributed by atoms with Gasteiger partial charge in [-0.1, -0.05) is 72.0 Å². The van der Waals surface area contributed by atoms with Crippen LogP contribution in [0.3, 0.4) is 0 Å². The molecule has 0 saturated heterocycles. The third-order valence-electron chi connectivity index (χ3n) is 5.40. The van der Waals surface area contributed by atoms with E-state index in [1.807, 2.05) is 52.0 Å². The van der Waals surface area contributed by atoms with E-state index >= 15 is 0 Å². The molecule has 188 valence electrons. The fourth-order valence-corrected chi connectivity index (χ4v) is 4.39. The average molecular weight is 593 g/mol. The molecule has 1 atom stereocenters. The maximum absolute atomic E-state index is 12.2. The van der Waals surface area contributed by atoms with Gasteiger partial charge in [-0.3, -0.25) is 0 Å². The first kappa shape index (κ1) is 26.2. The highest BCUT2D eigenvalue weighted by Gasteiger charge is 2.31. The highest BCUT2D eigenvalue weighted by atomic mass is 79.9. The molecule has 0 fully saturated rings. The summed E-state index contributed by atoms with van der Waals surface area (Å²) in [6, 6.07) is 12.3. The largest absolute Gasteiger partial charge is 0.453 e. The smallest absolute Gasteiger partial charge is 0.407 e. The first-order chi connectivity index (χ1) is 17.0. The molecule has 1 N–H and O–H groups in total. The van der Waals surface area contributed by atoms with Gasteiger partial charge in [-0.05, 0) is 37.3 Å². The minimum Gasteiger partial charge on any atom is -0.453 e. The molecule has 11 heteroatoms. The normalized spacial score (nSPS) is 12.4. The molecule has 4 rings (SSSR count). The summed E-state index contributed by atoms with van der Waals surface area (Å²) in [4.78, 5) is 12.2.